The minimum atomic E-state index is -0.661. The van der Waals surface area contributed by atoms with Crippen LogP contribution >= 0.6 is 11.6 Å². The number of aromatic nitrogens is 1. The number of hydrogen-bond donors (Lipinski definition) is 0. The third-order valence-electron chi connectivity index (χ3n) is 4.90. The van der Waals surface area contributed by atoms with Gasteiger partial charge in [-0.15, -0.1) is 0 Å². The van der Waals surface area contributed by atoms with Crippen molar-refractivity contribution in [3.8, 4) is 11.5 Å². The largest absolute Gasteiger partial charge is 0.452 e. The minimum Gasteiger partial charge on any atom is -0.452 e. The molecule has 0 aliphatic carbocycles. The smallest absolute Gasteiger partial charge is 0.379 e. The lowest BCUT2D eigenvalue weighted by molar-refractivity contribution is 0.0702. The fourth-order valence-electron chi connectivity index (χ4n) is 3.36. The van der Waals surface area contributed by atoms with Crippen molar-refractivity contribution in [2.45, 2.75) is 6.92 Å². The lowest BCUT2D eigenvalue weighted by atomic mass is 10.1. The summed E-state index contributed by atoms with van der Waals surface area (Å²) in [4.78, 5) is 29.3. The first-order chi connectivity index (χ1) is 15.0. The minimum absolute atomic E-state index is 0.0475. The zero-order chi connectivity index (χ0) is 21.5. The van der Waals surface area contributed by atoms with Gasteiger partial charge in [0.05, 0.1) is 5.56 Å². The van der Waals surface area contributed by atoms with Crippen LogP contribution in [0, 0.1) is 6.92 Å². The summed E-state index contributed by atoms with van der Waals surface area (Å²) >= 11 is 5.98. The van der Waals surface area contributed by atoms with Gasteiger partial charge in [-0.2, -0.15) is 0 Å². The number of rotatable bonds is 3. The molecular weight excluding hydrogens is 418 g/mol. The van der Waals surface area contributed by atoms with Crippen molar-refractivity contribution < 1.29 is 23.5 Å². The molecule has 2 aromatic carbocycles. The van der Waals surface area contributed by atoms with Gasteiger partial charge in [0.15, 0.2) is 5.76 Å². The average Bonchev–Trinajstić information content (AvgIpc) is 3.32. The van der Waals surface area contributed by atoms with E-state index in [0.717, 1.165) is 5.56 Å². The normalized spacial score (nSPS) is 14.0. The van der Waals surface area contributed by atoms with Crippen LogP contribution in [0.2, 0.25) is 5.02 Å². The molecule has 31 heavy (non-hydrogen) atoms. The summed E-state index contributed by atoms with van der Waals surface area (Å²) in [6, 6.07) is 13.4. The SMILES string of the molecule is Cc1c(OC(=O)c2cc3cc(Cl)ccc3o2)ccc2c1O/C(=C\c1cccnc1)C2=O. The number of furan rings is 1. The molecule has 0 atom stereocenters. The number of fused-ring (bicyclic) bond motifs is 2. The molecule has 0 bridgehead atoms. The Kier molecular flexibility index (Phi) is 4.56. The number of ketones is 1. The zero-order valence-corrected chi connectivity index (χ0v) is 17.0. The molecule has 1 aliphatic heterocycles. The van der Waals surface area contributed by atoms with E-state index >= 15 is 0 Å². The highest BCUT2D eigenvalue weighted by molar-refractivity contribution is 6.31. The van der Waals surface area contributed by atoms with Crippen molar-refractivity contribution in [3.63, 3.8) is 0 Å². The molecule has 0 saturated carbocycles. The maximum absolute atomic E-state index is 12.7. The van der Waals surface area contributed by atoms with E-state index in [0.29, 0.717) is 32.9 Å². The van der Waals surface area contributed by atoms with Crippen molar-refractivity contribution in [2.24, 2.45) is 0 Å². The summed E-state index contributed by atoms with van der Waals surface area (Å²) in [7, 11) is 0. The van der Waals surface area contributed by atoms with Gasteiger partial charge in [0.25, 0.3) is 0 Å². The third-order valence-corrected chi connectivity index (χ3v) is 5.14. The fourth-order valence-corrected chi connectivity index (χ4v) is 3.54. The maximum atomic E-state index is 12.7. The van der Waals surface area contributed by atoms with Gasteiger partial charge in [-0.1, -0.05) is 17.7 Å². The summed E-state index contributed by atoms with van der Waals surface area (Å²) in [5.74, 6) is -0.0330. The van der Waals surface area contributed by atoms with Crippen LogP contribution in [-0.2, 0) is 0 Å². The Balaban J connectivity index is 1.42. The van der Waals surface area contributed by atoms with E-state index < -0.39 is 5.97 Å². The molecule has 0 N–H and O–H groups in total. The van der Waals surface area contributed by atoms with Crippen LogP contribution in [0.15, 0.2) is 71.1 Å². The number of halogens is 1. The zero-order valence-electron chi connectivity index (χ0n) is 16.2. The fraction of sp³-hybridized carbons (Fsp3) is 0.0417. The predicted octanol–water partition coefficient (Wildman–Crippen LogP) is 5.63. The number of carbonyl (C=O) groups excluding carboxylic acids is 2. The average molecular weight is 432 g/mol. The maximum Gasteiger partial charge on any atom is 0.379 e. The highest BCUT2D eigenvalue weighted by Crippen LogP contribution is 2.39. The van der Waals surface area contributed by atoms with Gasteiger partial charge in [-0.25, -0.2) is 4.79 Å². The Bertz CT molecular complexity index is 1390. The van der Waals surface area contributed by atoms with Crippen molar-refractivity contribution >= 4 is 40.4 Å². The number of hydrogen-bond acceptors (Lipinski definition) is 6. The highest BCUT2D eigenvalue weighted by atomic mass is 35.5. The number of ether oxygens (including phenoxy) is 2. The predicted molar refractivity (Wildman–Crippen MR) is 115 cm³/mol. The lowest BCUT2D eigenvalue weighted by Crippen LogP contribution is -2.08. The Hall–Kier alpha value is -3.90. The topological polar surface area (TPSA) is 78.6 Å². The van der Waals surface area contributed by atoms with Crippen LogP contribution in [0.25, 0.3) is 17.0 Å². The van der Waals surface area contributed by atoms with Crippen molar-refractivity contribution in [1.82, 2.24) is 4.98 Å². The summed E-state index contributed by atoms with van der Waals surface area (Å²) in [5.41, 5.74) is 2.22. The molecule has 2 aromatic heterocycles. The molecule has 0 amide bonds. The Morgan fingerprint density at radius 2 is 2.03 bits per heavy atom. The molecule has 4 aromatic rings. The van der Waals surface area contributed by atoms with Crippen LogP contribution in [0.3, 0.4) is 0 Å². The van der Waals surface area contributed by atoms with E-state index in [2.05, 4.69) is 4.98 Å². The first-order valence-corrected chi connectivity index (χ1v) is 9.76. The molecule has 0 fully saturated rings. The van der Waals surface area contributed by atoms with Gasteiger partial charge < -0.3 is 13.9 Å². The molecule has 0 unspecified atom stereocenters. The molecule has 1 aliphatic rings. The van der Waals surface area contributed by atoms with Crippen LogP contribution in [0.1, 0.15) is 32.0 Å². The number of esters is 1. The Labute approximate surface area is 181 Å². The molecule has 0 saturated heterocycles. The molecule has 5 rings (SSSR count). The summed E-state index contributed by atoms with van der Waals surface area (Å²) < 4.78 is 16.9. The van der Waals surface area contributed by atoms with Crippen LogP contribution < -0.4 is 9.47 Å². The van der Waals surface area contributed by atoms with Gasteiger partial charge in [-0.3, -0.25) is 9.78 Å². The van der Waals surface area contributed by atoms with E-state index in [1.165, 1.54) is 0 Å². The third kappa shape index (κ3) is 3.47. The molecule has 6 nitrogen and oxygen atoms in total. The van der Waals surface area contributed by atoms with E-state index in [4.69, 9.17) is 25.5 Å². The van der Waals surface area contributed by atoms with E-state index in [1.54, 1.807) is 67.9 Å². The van der Waals surface area contributed by atoms with Gasteiger partial charge in [0, 0.05) is 28.4 Å². The summed E-state index contributed by atoms with van der Waals surface area (Å²) in [6.45, 7) is 1.72. The summed E-state index contributed by atoms with van der Waals surface area (Å²) in [5, 5.41) is 1.24. The first kappa shape index (κ1) is 19.1. The second kappa shape index (κ2) is 7.41. The second-order valence-electron chi connectivity index (χ2n) is 6.97. The number of benzene rings is 2. The van der Waals surface area contributed by atoms with Crippen LogP contribution in [0.5, 0.6) is 11.5 Å². The Morgan fingerprint density at radius 1 is 1.16 bits per heavy atom. The second-order valence-corrected chi connectivity index (χ2v) is 7.41. The van der Waals surface area contributed by atoms with Gasteiger partial charge >= 0.3 is 5.97 Å². The number of pyridine rings is 1. The van der Waals surface area contributed by atoms with Crippen molar-refractivity contribution in [2.75, 3.05) is 0 Å². The first-order valence-electron chi connectivity index (χ1n) is 9.39. The van der Waals surface area contributed by atoms with E-state index in [1.807, 2.05) is 6.07 Å². The highest BCUT2D eigenvalue weighted by Gasteiger charge is 2.31. The quantitative estimate of drug-likeness (QED) is 0.238. The molecular formula is C24H14ClNO5. The van der Waals surface area contributed by atoms with E-state index in [-0.39, 0.29) is 23.1 Å². The van der Waals surface area contributed by atoms with Crippen LogP contribution in [-0.4, -0.2) is 16.7 Å². The molecule has 3 heterocycles. The van der Waals surface area contributed by atoms with Crippen molar-refractivity contribution in [3.05, 3.63) is 94.2 Å². The standard InChI is InChI=1S/C24H14ClNO5/c1-13-18(31-24(28)21-11-15-10-16(25)4-6-19(15)29-21)7-5-17-22(27)20(30-23(13)17)9-14-3-2-8-26-12-14/h2-12H,1H3/b20-9-. The summed E-state index contributed by atoms with van der Waals surface area (Å²) in [6.07, 6.45) is 4.91. The monoisotopic (exact) mass is 431 g/mol. The van der Waals surface area contributed by atoms with Gasteiger partial charge in [-0.05, 0) is 61.0 Å². The number of allylic oxidation sites excluding steroid dienone is 1. The number of carbonyl (C=O) groups is 2. The van der Waals surface area contributed by atoms with Crippen molar-refractivity contribution in [1.29, 1.82) is 0 Å². The van der Waals surface area contributed by atoms with E-state index in [9.17, 15) is 9.59 Å². The number of Topliss-reactive ketones (excluding diaryl/α,β-unsaturated/α-hetero) is 1. The molecule has 152 valence electrons. The number of nitrogens with zero attached hydrogens (tertiary/aromatic N) is 1. The Morgan fingerprint density at radius 3 is 2.84 bits per heavy atom. The molecule has 7 heteroatoms. The lowest BCUT2D eigenvalue weighted by Gasteiger charge is -2.09. The molecule has 0 radical (unpaired) electrons. The van der Waals surface area contributed by atoms with Gasteiger partial charge in [0.2, 0.25) is 11.5 Å². The molecule has 0 spiro atoms. The van der Waals surface area contributed by atoms with Crippen LogP contribution in [0.4, 0.5) is 0 Å². The van der Waals surface area contributed by atoms with Gasteiger partial charge in [0.1, 0.15) is 17.1 Å².